The average molecular weight is 403 g/mol. The minimum absolute atomic E-state index is 0.0470. The van der Waals surface area contributed by atoms with Gasteiger partial charge in [-0.25, -0.2) is 8.42 Å². The lowest BCUT2D eigenvalue weighted by Crippen LogP contribution is -2.51. The molecule has 6 nitrogen and oxygen atoms in total. The Labute approximate surface area is 166 Å². The second-order valence-electron chi connectivity index (χ2n) is 7.11. The number of aryl methyl sites for hydroxylation is 3. The number of nitrogens with zero attached hydrogens (tertiary/aromatic N) is 2. The number of rotatable bonds is 5. The van der Waals surface area contributed by atoms with Crippen LogP contribution in [0, 0.1) is 20.8 Å². The van der Waals surface area contributed by atoms with Crippen LogP contribution < -0.4 is 4.74 Å². The Bertz CT molecular complexity index is 964. The van der Waals surface area contributed by atoms with Crippen LogP contribution in [0.5, 0.6) is 5.75 Å². The number of piperazine rings is 1. The number of amides is 1. The number of carbonyl (C=O) groups is 1. The minimum Gasteiger partial charge on any atom is -0.484 e. The maximum Gasteiger partial charge on any atom is 0.260 e. The fourth-order valence-electron chi connectivity index (χ4n) is 3.25. The third kappa shape index (κ3) is 4.36. The molecule has 0 aliphatic carbocycles. The first-order valence-corrected chi connectivity index (χ1v) is 10.8. The summed E-state index contributed by atoms with van der Waals surface area (Å²) in [7, 11) is -3.56. The Hall–Kier alpha value is -2.38. The van der Waals surface area contributed by atoms with E-state index in [1.54, 1.807) is 17.9 Å². The molecule has 1 saturated heterocycles. The van der Waals surface area contributed by atoms with Gasteiger partial charge in [-0.3, -0.25) is 4.79 Å². The summed E-state index contributed by atoms with van der Waals surface area (Å²) in [5.41, 5.74) is 2.61. The van der Waals surface area contributed by atoms with E-state index >= 15 is 0 Å². The zero-order chi connectivity index (χ0) is 20.3. The van der Waals surface area contributed by atoms with Crippen molar-refractivity contribution >= 4 is 15.9 Å². The van der Waals surface area contributed by atoms with Gasteiger partial charge in [0, 0.05) is 26.2 Å². The third-order valence-electron chi connectivity index (χ3n) is 5.00. The van der Waals surface area contributed by atoms with Gasteiger partial charge in [0.15, 0.2) is 6.61 Å². The molecular weight excluding hydrogens is 376 g/mol. The van der Waals surface area contributed by atoms with E-state index in [9.17, 15) is 13.2 Å². The molecule has 0 unspecified atom stereocenters. The monoisotopic (exact) mass is 402 g/mol. The van der Waals surface area contributed by atoms with Gasteiger partial charge in [0.2, 0.25) is 10.0 Å². The predicted molar refractivity (Wildman–Crippen MR) is 108 cm³/mol. The summed E-state index contributed by atoms with van der Waals surface area (Å²) < 4.78 is 33.0. The molecule has 0 N–H and O–H groups in total. The van der Waals surface area contributed by atoms with Crippen LogP contribution in [-0.2, 0) is 14.8 Å². The van der Waals surface area contributed by atoms with Crippen LogP contribution in [-0.4, -0.2) is 56.3 Å². The summed E-state index contributed by atoms with van der Waals surface area (Å²) in [5, 5.41) is 0. The first-order valence-electron chi connectivity index (χ1n) is 9.32. The molecule has 1 aliphatic heterocycles. The summed E-state index contributed by atoms with van der Waals surface area (Å²) in [6, 6.07) is 13.0. The van der Waals surface area contributed by atoms with Gasteiger partial charge in [-0.05, 0) is 49.6 Å². The summed E-state index contributed by atoms with van der Waals surface area (Å²) in [6.07, 6.45) is 0. The van der Waals surface area contributed by atoms with Crippen molar-refractivity contribution in [1.82, 2.24) is 9.21 Å². The highest BCUT2D eigenvalue weighted by molar-refractivity contribution is 7.89. The lowest BCUT2D eigenvalue weighted by molar-refractivity contribution is -0.134. The molecule has 1 aliphatic rings. The van der Waals surface area contributed by atoms with Gasteiger partial charge in [-0.1, -0.05) is 30.3 Å². The molecule has 1 amide bonds. The number of ether oxygens (including phenoxy) is 1. The molecule has 7 heteroatoms. The molecule has 2 aromatic rings. The number of para-hydroxylation sites is 1. The Morgan fingerprint density at radius 2 is 1.64 bits per heavy atom. The van der Waals surface area contributed by atoms with Crippen molar-refractivity contribution in [1.29, 1.82) is 0 Å². The number of carbonyl (C=O) groups excluding carboxylic acids is 1. The SMILES string of the molecule is Cc1ccc(C)c(S(=O)(=O)N2CCN(C(=O)COc3ccccc3C)CC2)c1. The number of hydrogen-bond acceptors (Lipinski definition) is 4. The zero-order valence-corrected chi connectivity index (χ0v) is 17.3. The molecular formula is C21H26N2O4S. The average Bonchev–Trinajstić information content (AvgIpc) is 2.69. The number of benzene rings is 2. The minimum atomic E-state index is -3.56. The summed E-state index contributed by atoms with van der Waals surface area (Å²) in [5.74, 6) is 0.555. The molecule has 0 radical (unpaired) electrons. The van der Waals surface area contributed by atoms with Crippen molar-refractivity contribution in [3.05, 3.63) is 59.2 Å². The van der Waals surface area contributed by atoms with E-state index in [0.29, 0.717) is 23.7 Å². The fourth-order valence-corrected chi connectivity index (χ4v) is 4.98. The number of hydrogen-bond donors (Lipinski definition) is 0. The van der Waals surface area contributed by atoms with Crippen LogP contribution in [0.3, 0.4) is 0 Å². The molecule has 0 aromatic heterocycles. The van der Waals surface area contributed by atoms with E-state index in [0.717, 1.165) is 16.7 Å². The maximum absolute atomic E-state index is 13.0. The van der Waals surface area contributed by atoms with Crippen molar-refractivity contribution < 1.29 is 17.9 Å². The summed E-state index contributed by atoms with van der Waals surface area (Å²) >= 11 is 0. The van der Waals surface area contributed by atoms with Crippen molar-refractivity contribution in [3.8, 4) is 5.75 Å². The standard InChI is InChI=1S/C21H26N2O4S/c1-16-8-9-18(3)20(14-16)28(25,26)23-12-10-22(11-13-23)21(24)15-27-19-7-5-4-6-17(19)2/h4-9,14H,10-13,15H2,1-3H3. The second-order valence-corrected chi connectivity index (χ2v) is 9.01. The van der Waals surface area contributed by atoms with Crippen molar-refractivity contribution in [2.45, 2.75) is 25.7 Å². The van der Waals surface area contributed by atoms with Gasteiger partial charge < -0.3 is 9.64 Å². The van der Waals surface area contributed by atoms with E-state index in [1.807, 2.05) is 50.2 Å². The Morgan fingerprint density at radius 3 is 2.32 bits per heavy atom. The van der Waals surface area contributed by atoms with Gasteiger partial charge in [-0.2, -0.15) is 4.31 Å². The third-order valence-corrected chi connectivity index (χ3v) is 7.04. The molecule has 150 valence electrons. The first kappa shape index (κ1) is 20.4. The topological polar surface area (TPSA) is 66.9 Å². The highest BCUT2D eigenvalue weighted by Crippen LogP contribution is 2.22. The van der Waals surface area contributed by atoms with Crippen LogP contribution in [0.1, 0.15) is 16.7 Å². The summed E-state index contributed by atoms with van der Waals surface area (Å²) in [4.78, 5) is 14.4. The lowest BCUT2D eigenvalue weighted by Gasteiger charge is -2.34. The Morgan fingerprint density at radius 1 is 0.964 bits per heavy atom. The van der Waals surface area contributed by atoms with E-state index in [4.69, 9.17) is 4.74 Å². The van der Waals surface area contributed by atoms with E-state index < -0.39 is 10.0 Å². The normalized spacial score (nSPS) is 15.5. The quantitative estimate of drug-likeness (QED) is 0.771. The van der Waals surface area contributed by atoms with Gasteiger partial charge in [0.1, 0.15) is 5.75 Å². The van der Waals surface area contributed by atoms with Crippen LogP contribution >= 0.6 is 0 Å². The fraction of sp³-hybridized carbons (Fsp3) is 0.381. The largest absolute Gasteiger partial charge is 0.484 e. The van der Waals surface area contributed by atoms with E-state index in [2.05, 4.69) is 0 Å². The van der Waals surface area contributed by atoms with Crippen LogP contribution in [0.4, 0.5) is 0 Å². The van der Waals surface area contributed by atoms with Gasteiger partial charge in [-0.15, -0.1) is 0 Å². The van der Waals surface area contributed by atoms with Crippen molar-refractivity contribution in [2.75, 3.05) is 32.8 Å². The molecule has 0 bridgehead atoms. The maximum atomic E-state index is 13.0. The molecule has 0 saturated carbocycles. The highest BCUT2D eigenvalue weighted by Gasteiger charge is 2.31. The first-order chi connectivity index (χ1) is 13.3. The van der Waals surface area contributed by atoms with Gasteiger partial charge >= 0.3 is 0 Å². The van der Waals surface area contributed by atoms with Crippen molar-refractivity contribution in [2.24, 2.45) is 0 Å². The van der Waals surface area contributed by atoms with E-state index in [-0.39, 0.29) is 25.6 Å². The molecule has 3 rings (SSSR count). The molecule has 1 heterocycles. The zero-order valence-electron chi connectivity index (χ0n) is 16.5. The van der Waals surface area contributed by atoms with E-state index in [1.165, 1.54) is 4.31 Å². The Balaban J connectivity index is 1.60. The highest BCUT2D eigenvalue weighted by atomic mass is 32.2. The van der Waals surface area contributed by atoms with Crippen LogP contribution in [0.15, 0.2) is 47.4 Å². The molecule has 1 fully saturated rings. The Kier molecular flexibility index (Phi) is 6.05. The van der Waals surface area contributed by atoms with Gasteiger partial charge in [0.05, 0.1) is 4.90 Å². The predicted octanol–water partition coefficient (Wildman–Crippen LogP) is 2.52. The number of sulfonamides is 1. The molecule has 0 spiro atoms. The lowest BCUT2D eigenvalue weighted by atomic mass is 10.2. The second kappa shape index (κ2) is 8.32. The van der Waals surface area contributed by atoms with Gasteiger partial charge in [0.25, 0.3) is 5.91 Å². The van der Waals surface area contributed by atoms with Crippen LogP contribution in [0.25, 0.3) is 0 Å². The molecule has 0 atom stereocenters. The van der Waals surface area contributed by atoms with Crippen LogP contribution in [0.2, 0.25) is 0 Å². The smallest absolute Gasteiger partial charge is 0.260 e. The summed E-state index contributed by atoms with van der Waals surface area (Å²) in [6.45, 7) is 6.85. The van der Waals surface area contributed by atoms with Crippen molar-refractivity contribution in [3.63, 3.8) is 0 Å². The molecule has 28 heavy (non-hydrogen) atoms. The molecule has 2 aromatic carbocycles.